The SMILES string of the molecule is NC(=O)c1cnco1.O=C(O)C(F)(F)F. The van der Waals surface area contributed by atoms with E-state index in [9.17, 15) is 18.0 Å². The van der Waals surface area contributed by atoms with Gasteiger partial charge in [-0.2, -0.15) is 13.2 Å². The van der Waals surface area contributed by atoms with Crippen LogP contribution in [0.5, 0.6) is 0 Å². The smallest absolute Gasteiger partial charge is 0.475 e. The second-order valence-corrected chi connectivity index (χ2v) is 2.03. The van der Waals surface area contributed by atoms with Crippen molar-refractivity contribution < 1.29 is 32.3 Å². The van der Waals surface area contributed by atoms with E-state index in [0.29, 0.717) is 0 Å². The minimum Gasteiger partial charge on any atom is -0.475 e. The van der Waals surface area contributed by atoms with Gasteiger partial charge in [-0.15, -0.1) is 0 Å². The second-order valence-electron chi connectivity index (χ2n) is 2.03. The average Bonchev–Trinajstić information content (AvgIpc) is 2.54. The lowest BCUT2D eigenvalue weighted by atomic mass is 10.5. The highest BCUT2D eigenvalue weighted by Gasteiger charge is 2.38. The number of aromatic nitrogens is 1. The number of oxazole rings is 1. The number of rotatable bonds is 1. The second kappa shape index (κ2) is 4.98. The van der Waals surface area contributed by atoms with E-state index >= 15 is 0 Å². The molecular weight excluding hydrogens is 221 g/mol. The van der Waals surface area contributed by atoms with Crippen molar-refractivity contribution in [3.63, 3.8) is 0 Å². The molecule has 1 heterocycles. The number of aliphatic carboxylic acids is 1. The van der Waals surface area contributed by atoms with E-state index in [1.807, 2.05) is 0 Å². The fourth-order valence-corrected chi connectivity index (χ4v) is 0.337. The summed E-state index contributed by atoms with van der Waals surface area (Å²) in [7, 11) is 0. The van der Waals surface area contributed by atoms with Crippen molar-refractivity contribution in [3.8, 4) is 0 Å². The van der Waals surface area contributed by atoms with Gasteiger partial charge < -0.3 is 15.3 Å². The van der Waals surface area contributed by atoms with E-state index in [4.69, 9.17) is 15.6 Å². The van der Waals surface area contributed by atoms with Gasteiger partial charge in [0.2, 0.25) is 5.76 Å². The predicted molar refractivity (Wildman–Crippen MR) is 38.7 cm³/mol. The number of carboxylic acids is 1. The summed E-state index contributed by atoms with van der Waals surface area (Å²) in [6, 6.07) is 0. The van der Waals surface area contributed by atoms with Crippen LogP contribution >= 0.6 is 0 Å². The lowest BCUT2D eigenvalue weighted by Gasteiger charge is -1.93. The quantitative estimate of drug-likeness (QED) is 0.721. The Labute approximate surface area is 80.5 Å². The van der Waals surface area contributed by atoms with Gasteiger partial charge in [0, 0.05) is 0 Å². The highest BCUT2D eigenvalue weighted by molar-refractivity contribution is 5.89. The number of hydrogen-bond donors (Lipinski definition) is 2. The van der Waals surface area contributed by atoms with Crippen LogP contribution in [0.3, 0.4) is 0 Å². The Morgan fingerprint density at radius 3 is 2.07 bits per heavy atom. The van der Waals surface area contributed by atoms with Crippen molar-refractivity contribution in [3.05, 3.63) is 18.4 Å². The van der Waals surface area contributed by atoms with E-state index in [1.165, 1.54) is 6.20 Å². The standard InChI is InChI=1S/C4H4N2O2.C2HF3O2/c5-4(7)3-1-6-2-8-3;3-2(4,5)1(6)7/h1-2H,(H2,5,7);(H,6,7). The van der Waals surface area contributed by atoms with Gasteiger partial charge in [-0.3, -0.25) is 4.79 Å². The van der Waals surface area contributed by atoms with E-state index in [1.54, 1.807) is 0 Å². The molecule has 1 amide bonds. The summed E-state index contributed by atoms with van der Waals surface area (Å²) in [5.41, 5.74) is 4.79. The fraction of sp³-hybridized carbons (Fsp3) is 0.167. The Balaban J connectivity index is 0.000000265. The molecule has 0 unspecified atom stereocenters. The minimum atomic E-state index is -5.08. The molecule has 15 heavy (non-hydrogen) atoms. The van der Waals surface area contributed by atoms with Crippen molar-refractivity contribution in [2.24, 2.45) is 5.73 Å². The first kappa shape index (κ1) is 12.9. The van der Waals surface area contributed by atoms with Crippen LogP contribution in [0.25, 0.3) is 0 Å². The summed E-state index contributed by atoms with van der Waals surface area (Å²) in [6.45, 7) is 0. The van der Waals surface area contributed by atoms with Gasteiger partial charge >= 0.3 is 12.1 Å². The van der Waals surface area contributed by atoms with Gasteiger partial charge in [-0.05, 0) is 0 Å². The molecule has 84 valence electrons. The van der Waals surface area contributed by atoms with Gasteiger partial charge in [0.1, 0.15) is 0 Å². The van der Waals surface area contributed by atoms with Gasteiger partial charge in [-0.25, -0.2) is 9.78 Å². The molecular formula is C6H5F3N2O4. The Morgan fingerprint density at radius 2 is 1.93 bits per heavy atom. The number of hydrogen-bond acceptors (Lipinski definition) is 4. The summed E-state index contributed by atoms with van der Waals surface area (Å²) in [5, 5.41) is 7.12. The lowest BCUT2D eigenvalue weighted by Crippen LogP contribution is -2.21. The molecule has 6 nitrogen and oxygen atoms in total. The maximum absolute atomic E-state index is 10.6. The number of amides is 1. The Kier molecular flexibility index (Phi) is 4.30. The normalized spacial score (nSPS) is 10.1. The molecule has 1 aromatic heterocycles. The van der Waals surface area contributed by atoms with E-state index in [-0.39, 0.29) is 5.76 Å². The third-order valence-corrected chi connectivity index (χ3v) is 0.918. The zero-order chi connectivity index (χ0) is 12.1. The van der Waals surface area contributed by atoms with E-state index in [2.05, 4.69) is 9.40 Å². The lowest BCUT2D eigenvalue weighted by molar-refractivity contribution is -0.192. The summed E-state index contributed by atoms with van der Waals surface area (Å²) in [6.07, 6.45) is -2.66. The molecule has 0 fully saturated rings. The molecule has 0 aliphatic rings. The van der Waals surface area contributed by atoms with Gasteiger partial charge in [0.05, 0.1) is 6.20 Å². The Bertz CT molecular complexity index is 333. The minimum absolute atomic E-state index is 0.0880. The van der Waals surface area contributed by atoms with Crippen LogP contribution in [0.1, 0.15) is 10.6 Å². The number of alkyl halides is 3. The summed E-state index contributed by atoms with van der Waals surface area (Å²) in [5.74, 6) is -3.26. The first-order valence-corrected chi connectivity index (χ1v) is 3.23. The molecule has 0 aliphatic heterocycles. The van der Waals surface area contributed by atoms with Crippen LogP contribution in [-0.4, -0.2) is 28.1 Å². The van der Waals surface area contributed by atoms with Gasteiger partial charge in [0.15, 0.2) is 6.39 Å². The third kappa shape index (κ3) is 5.29. The molecule has 0 saturated heterocycles. The first-order chi connectivity index (χ1) is 6.75. The van der Waals surface area contributed by atoms with Crippen molar-refractivity contribution in [2.75, 3.05) is 0 Å². The third-order valence-electron chi connectivity index (χ3n) is 0.918. The van der Waals surface area contributed by atoms with Crippen LogP contribution in [-0.2, 0) is 4.79 Å². The largest absolute Gasteiger partial charge is 0.490 e. The topological polar surface area (TPSA) is 106 Å². The van der Waals surface area contributed by atoms with Crippen LogP contribution in [0.15, 0.2) is 17.0 Å². The van der Waals surface area contributed by atoms with Crippen molar-refractivity contribution in [2.45, 2.75) is 6.18 Å². The molecule has 3 N–H and O–H groups in total. The summed E-state index contributed by atoms with van der Waals surface area (Å²) in [4.78, 5) is 22.5. The molecule has 1 aromatic rings. The van der Waals surface area contributed by atoms with Crippen molar-refractivity contribution >= 4 is 11.9 Å². The predicted octanol–water partition coefficient (Wildman–Crippen LogP) is 0.407. The maximum Gasteiger partial charge on any atom is 0.490 e. The number of nitrogens with two attached hydrogens (primary N) is 1. The highest BCUT2D eigenvalue weighted by Crippen LogP contribution is 2.13. The van der Waals surface area contributed by atoms with E-state index in [0.717, 1.165) is 6.39 Å². The molecule has 0 saturated carbocycles. The van der Waals surface area contributed by atoms with Gasteiger partial charge in [0.25, 0.3) is 5.91 Å². The molecule has 0 bridgehead atoms. The van der Waals surface area contributed by atoms with Gasteiger partial charge in [-0.1, -0.05) is 0 Å². The highest BCUT2D eigenvalue weighted by atomic mass is 19.4. The number of carbonyl (C=O) groups is 2. The summed E-state index contributed by atoms with van der Waals surface area (Å²) < 4.78 is 36.2. The number of primary amides is 1. The van der Waals surface area contributed by atoms with Crippen LogP contribution in [0.2, 0.25) is 0 Å². The molecule has 0 radical (unpaired) electrons. The fourth-order valence-electron chi connectivity index (χ4n) is 0.337. The number of carboxylic acid groups (broad SMARTS) is 1. The Hall–Kier alpha value is -2.06. The summed E-state index contributed by atoms with van der Waals surface area (Å²) >= 11 is 0. The molecule has 0 aliphatic carbocycles. The van der Waals surface area contributed by atoms with Crippen molar-refractivity contribution in [1.82, 2.24) is 4.98 Å². The van der Waals surface area contributed by atoms with E-state index < -0.39 is 18.1 Å². The monoisotopic (exact) mass is 226 g/mol. The first-order valence-electron chi connectivity index (χ1n) is 3.23. The number of halogens is 3. The van der Waals surface area contributed by atoms with Crippen LogP contribution in [0.4, 0.5) is 13.2 Å². The number of carbonyl (C=O) groups excluding carboxylic acids is 1. The van der Waals surface area contributed by atoms with Crippen LogP contribution < -0.4 is 5.73 Å². The molecule has 9 heteroatoms. The molecule has 0 atom stereocenters. The zero-order valence-corrected chi connectivity index (χ0v) is 6.99. The number of nitrogens with zero attached hydrogens (tertiary/aromatic N) is 1. The average molecular weight is 226 g/mol. The molecule has 0 spiro atoms. The Morgan fingerprint density at radius 1 is 1.47 bits per heavy atom. The zero-order valence-electron chi connectivity index (χ0n) is 6.99. The maximum atomic E-state index is 10.6. The van der Waals surface area contributed by atoms with Crippen molar-refractivity contribution in [1.29, 1.82) is 0 Å². The molecule has 1 rings (SSSR count). The van der Waals surface area contributed by atoms with Crippen LogP contribution in [0, 0.1) is 0 Å². The molecule has 0 aromatic carbocycles.